The number of ether oxygens (including phenoxy) is 1. The summed E-state index contributed by atoms with van der Waals surface area (Å²) in [5.41, 5.74) is 1.37. The molecule has 0 radical (unpaired) electrons. The number of methoxy groups -OCH3 is 1. The van der Waals surface area contributed by atoms with Crippen molar-refractivity contribution in [1.82, 2.24) is 0 Å². The number of hydrogen-bond donors (Lipinski definition) is 0. The van der Waals surface area contributed by atoms with Gasteiger partial charge in [-0.05, 0) is 34.1 Å². The zero-order valence-electron chi connectivity index (χ0n) is 8.87. The predicted octanol–water partition coefficient (Wildman–Crippen LogP) is 4.62. The maximum absolute atomic E-state index is 11.3. The van der Waals surface area contributed by atoms with Crippen LogP contribution in [0.25, 0.3) is 10.4 Å². The van der Waals surface area contributed by atoms with Crippen LogP contribution in [-0.2, 0) is 4.74 Å². The second-order valence-electron chi connectivity index (χ2n) is 3.32. The number of carbonyl (C=O) groups excluding carboxylic acids is 1. The van der Waals surface area contributed by atoms with Crippen LogP contribution in [-0.4, -0.2) is 13.1 Å². The molecule has 2 aromatic rings. The summed E-state index contributed by atoms with van der Waals surface area (Å²) in [4.78, 5) is 12.4. The van der Waals surface area contributed by atoms with Crippen LogP contribution in [0.5, 0.6) is 0 Å². The molecule has 1 aromatic carbocycles. The zero-order chi connectivity index (χ0) is 12.4. The van der Waals surface area contributed by atoms with E-state index in [1.807, 2.05) is 17.5 Å². The zero-order valence-corrected chi connectivity index (χ0v) is 12.0. The molecular weight excluding hydrogens is 324 g/mol. The first-order chi connectivity index (χ1) is 8.11. The quantitative estimate of drug-likeness (QED) is 0.751. The molecule has 5 heteroatoms. The van der Waals surface area contributed by atoms with Gasteiger partial charge in [-0.3, -0.25) is 0 Å². The van der Waals surface area contributed by atoms with Gasteiger partial charge < -0.3 is 4.74 Å². The third kappa shape index (κ3) is 2.70. The number of esters is 1. The van der Waals surface area contributed by atoms with Crippen LogP contribution >= 0.6 is 38.9 Å². The van der Waals surface area contributed by atoms with Gasteiger partial charge in [-0.2, -0.15) is 0 Å². The average molecular weight is 332 g/mol. The fourth-order valence-electron chi connectivity index (χ4n) is 1.41. The van der Waals surface area contributed by atoms with Crippen LogP contribution in [0.4, 0.5) is 0 Å². The Morgan fingerprint density at radius 3 is 2.71 bits per heavy atom. The third-order valence-corrected chi connectivity index (χ3v) is 4.26. The Morgan fingerprint density at radius 2 is 2.18 bits per heavy atom. The average Bonchev–Trinajstić information content (AvgIpc) is 2.74. The number of hydrogen-bond acceptors (Lipinski definition) is 3. The molecule has 0 N–H and O–H groups in total. The summed E-state index contributed by atoms with van der Waals surface area (Å²) in [6.07, 6.45) is 0. The van der Waals surface area contributed by atoms with Gasteiger partial charge >= 0.3 is 5.97 Å². The molecule has 88 valence electrons. The van der Waals surface area contributed by atoms with Gasteiger partial charge in [0.25, 0.3) is 0 Å². The molecule has 0 fully saturated rings. The number of halogens is 2. The van der Waals surface area contributed by atoms with Crippen molar-refractivity contribution in [3.05, 3.63) is 44.7 Å². The monoisotopic (exact) mass is 330 g/mol. The number of thiophene rings is 1. The highest BCUT2D eigenvalue weighted by molar-refractivity contribution is 9.10. The summed E-state index contributed by atoms with van der Waals surface area (Å²) in [7, 11) is 1.35. The Kier molecular flexibility index (Phi) is 3.86. The summed E-state index contributed by atoms with van der Waals surface area (Å²) >= 11 is 11.1. The lowest BCUT2D eigenvalue weighted by atomic mass is 10.1. The van der Waals surface area contributed by atoms with Gasteiger partial charge in [-0.1, -0.05) is 17.7 Å². The molecule has 2 rings (SSSR count). The largest absolute Gasteiger partial charge is 0.465 e. The van der Waals surface area contributed by atoms with Crippen molar-refractivity contribution in [2.45, 2.75) is 0 Å². The Morgan fingerprint density at radius 1 is 1.41 bits per heavy atom. The minimum Gasteiger partial charge on any atom is -0.465 e. The van der Waals surface area contributed by atoms with Crippen molar-refractivity contribution in [1.29, 1.82) is 0 Å². The highest BCUT2D eigenvalue weighted by Gasteiger charge is 2.11. The molecule has 0 amide bonds. The van der Waals surface area contributed by atoms with Crippen LogP contribution < -0.4 is 0 Å². The minimum absolute atomic E-state index is 0.384. The number of carbonyl (C=O) groups is 1. The first-order valence-corrected chi connectivity index (χ1v) is 6.79. The first-order valence-electron chi connectivity index (χ1n) is 4.74. The molecule has 0 aliphatic rings. The number of benzene rings is 1. The fraction of sp³-hybridized carbons (Fsp3) is 0.0833. The van der Waals surface area contributed by atoms with Crippen LogP contribution in [0, 0.1) is 0 Å². The maximum Gasteiger partial charge on any atom is 0.337 e. The predicted molar refractivity (Wildman–Crippen MR) is 73.8 cm³/mol. The summed E-state index contributed by atoms with van der Waals surface area (Å²) in [5, 5.41) is 2.53. The summed E-state index contributed by atoms with van der Waals surface area (Å²) in [5.74, 6) is -0.384. The van der Waals surface area contributed by atoms with Crippen LogP contribution in [0.1, 0.15) is 10.4 Å². The molecule has 0 aliphatic carbocycles. The second kappa shape index (κ2) is 5.21. The standard InChI is InChI=1S/C12H8BrClO2S/c1-16-12(15)7-2-3-9(10(14)4-7)11-5-8(13)6-17-11/h2-6H,1H3. The van der Waals surface area contributed by atoms with Gasteiger partial charge in [0.1, 0.15) is 0 Å². The molecule has 1 aromatic heterocycles. The Bertz CT molecular complexity index is 565. The summed E-state index contributed by atoms with van der Waals surface area (Å²) in [6, 6.07) is 7.15. The highest BCUT2D eigenvalue weighted by atomic mass is 79.9. The van der Waals surface area contributed by atoms with Crippen molar-refractivity contribution < 1.29 is 9.53 Å². The molecule has 0 atom stereocenters. The minimum atomic E-state index is -0.384. The van der Waals surface area contributed by atoms with Crippen molar-refractivity contribution in [2.24, 2.45) is 0 Å². The van der Waals surface area contributed by atoms with Gasteiger partial charge in [-0.25, -0.2) is 4.79 Å². The Hall–Kier alpha value is -0.840. The molecule has 1 heterocycles. The number of rotatable bonds is 2. The summed E-state index contributed by atoms with van der Waals surface area (Å²) in [6.45, 7) is 0. The van der Waals surface area contributed by atoms with Crippen LogP contribution in [0.2, 0.25) is 5.02 Å². The van der Waals surface area contributed by atoms with E-state index in [-0.39, 0.29) is 5.97 Å². The fourth-order valence-corrected chi connectivity index (χ4v) is 3.22. The molecule has 0 saturated heterocycles. The van der Waals surface area contributed by atoms with Gasteiger partial charge in [0.2, 0.25) is 0 Å². The van der Waals surface area contributed by atoms with E-state index >= 15 is 0 Å². The smallest absolute Gasteiger partial charge is 0.337 e. The van der Waals surface area contributed by atoms with Gasteiger partial charge in [0.05, 0.1) is 17.7 Å². The lowest BCUT2D eigenvalue weighted by Gasteiger charge is -2.04. The molecule has 0 aliphatic heterocycles. The van der Waals surface area contributed by atoms with Gasteiger partial charge in [-0.15, -0.1) is 11.3 Å². The first kappa shape index (κ1) is 12.6. The third-order valence-electron chi connectivity index (χ3n) is 2.22. The van der Waals surface area contributed by atoms with Crippen molar-refractivity contribution in [2.75, 3.05) is 7.11 Å². The van der Waals surface area contributed by atoms with E-state index in [1.165, 1.54) is 7.11 Å². The Labute approximate surface area is 116 Å². The molecule has 0 spiro atoms. The molecule has 0 bridgehead atoms. The SMILES string of the molecule is COC(=O)c1ccc(-c2cc(Br)cs2)c(Cl)c1. The van der Waals surface area contributed by atoms with Crippen molar-refractivity contribution in [3.8, 4) is 10.4 Å². The van der Waals surface area contributed by atoms with E-state index < -0.39 is 0 Å². The van der Waals surface area contributed by atoms with E-state index in [1.54, 1.807) is 23.5 Å². The molecule has 2 nitrogen and oxygen atoms in total. The van der Waals surface area contributed by atoms with Crippen molar-refractivity contribution >= 4 is 44.8 Å². The lowest BCUT2D eigenvalue weighted by molar-refractivity contribution is 0.0601. The maximum atomic E-state index is 11.3. The molecule has 0 saturated carbocycles. The van der Waals surface area contributed by atoms with E-state index in [0.29, 0.717) is 10.6 Å². The molecule has 0 unspecified atom stereocenters. The normalized spacial score (nSPS) is 10.3. The van der Waals surface area contributed by atoms with E-state index in [4.69, 9.17) is 11.6 Å². The van der Waals surface area contributed by atoms with E-state index in [2.05, 4.69) is 20.7 Å². The van der Waals surface area contributed by atoms with E-state index in [9.17, 15) is 4.79 Å². The van der Waals surface area contributed by atoms with E-state index in [0.717, 1.165) is 14.9 Å². The lowest BCUT2D eigenvalue weighted by Crippen LogP contribution is -2.00. The highest BCUT2D eigenvalue weighted by Crippen LogP contribution is 2.35. The topological polar surface area (TPSA) is 26.3 Å². The second-order valence-corrected chi connectivity index (χ2v) is 5.55. The molecular formula is C12H8BrClO2S. The Balaban J connectivity index is 2.41. The van der Waals surface area contributed by atoms with Crippen LogP contribution in [0.3, 0.4) is 0 Å². The van der Waals surface area contributed by atoms with Crippen LogP contribution in [0.15, 0.2) is 34.1 Å². The summed E-state index contributed by atoms with van der Waals surface area (Å²) < 4.78 is 5.66. The van der Waals surface area contributed by atoms with Gasteiger partial charge in [0, 0.05) is 20.3 Å². The molecule has 17 heavy (non-hydrogen) atoms. The van der Waals surface area contributed by atoms with Crippen molar-refractivity contribution in [3.63, 3.8) is 0 Å². The van der Waals surface area contributed by atoms with Gasteiger partial charge in [0.15, 0.2) is 0 Å².